The van der Waals surface area contributed by atoms with Gasteiger partial charge < -0.3 is 15.0 Å². The summed E-state index contributed by atoms with van der Waals surface area (Å²) in [6.45, 7) is 6.81. The van der Waals surface area contributed by atoms with Crippen LogP contribution in [0.4, 0.5) is 0 Å². The first kappa shape index (κ1) is 24.7. The number of likely N-dealkylation sites (tertiary alicyclic amines) is 1. The summed E-state index contributed by atoms with van der Waals surface area (Å²) in [5.41, 5.74) is 3.63. The van der Waals surface area contributed by atoms with Crippen molar-refractivity contribution in [2.75, 3.05) is 33.4 Å². The standard InChI is InChI=1S/C24H36N2O.2ClH/c1-3-20(15-19-7-5-4-6-8-19)22-16-23(22)25-21-17-24(18-21)9-11-26(12-10-24)13-14-27-2;;/h4-8,15,21-23,25H,3,9-14,16-18H2,1-2H3;2*1H/b20-15+;;/t22-,23+;;/m0../s1. The number of nitrogens with one attached hydrogen (secondary N) is 1. The zero-order valence-corrected chi connectivity index (χ0v) is 19.6. The Morgan fingerprint density at radius 3 is 2.48 bits per heavy atom. The summed E-state index contributed by atoms with van der Waals surface area (Å²) in [5.74, 6) is 0.766. The van der Waals surface area contributed by atoms with Gasteiger partial charge in [0.15, 0.2) is 0 Å². The van der Waals surface area contributed by atoms with E-state index in [1.54, 1.807) is 12.7 Å². The van der Waals surface area contributed by atoms with E-state index in [0.29, 0.717) is 5.41 Å². The topological polar surface area (TPSA) is 24.5 Å². The third-order valence-electron chi connectivity index (χ3n) is 7.16. The van der Waals surface area contributed by atoms with Crippen molar-refractivity contribution in [3.63, 3.8) is 0 Å². The average molecular weight is 441 g/mol. The summed E-state index contributed by atoms with van der Waals surface area (Å²) in [4.78, 5) is 2.58. The van der Waals surface area contributed by atoms with Gasteiger partial charge in [-0.1, -0.05) is 48.9 Å². The van der Waals surface area contributed by atoms with Gasteiger partial charge in [0, 0.05) is 25.7 Å². The fourth-order valence-electron chi connectivity index (χ4n) is 5.31. The van der Waals surface area contributed by atoms with Gasteiger partial charge in [-0.2, -0.15) is 0 Å². The van der Waals surface area contributed by atoms with Gasteiger partial charge in [0.05, 0.1) is 6.61 Å². The van der Waals surface area contributed by atoms with E-state index in [9.17, 15) is 0 Å². The Kier molecular flexibility index (Phi) is 9.50. The predicted octanol–water partition coefficient (Wildman–Crippen LogP) is 5.19. The fraction of sp³-hybridized carbons (Fsp3) is 0.667. The van der Waals surface area contributed by atoms with Crippen molar-refractivity contribution >= 4 is 30.9 Å². The van der Waals surface area contributed by atoms with Crippen LogP contribution in [-0.2, 0) is 4.74 Å². The summed E-state index contributed by atoms with van der Waals surface area (Å²) in [6, 6.07) is 12.3. The maximum atomic E-state index is 5.22. The molecule has 1 spiro atoms. The molecule has 4 rings (SSSR count). The van der Waals surface area contributed by atoms with Crippen molar-refractivity contribution in [1.82, 2.24) is 10.2 Å². The zero-order chi connectivity index (χ0) is 18.7. The molecule has 3 fully saturated rings. The molecule has 1 saturated heterocycles. The number of hydrogen-bond donors (Lipinski definition) is 1. The molecule has 3 nitrogen and oxygen atoms in total. The first-order valence-electron chi connectivity index (χ1n) is 10.9. The highest BCUT2D eigenvalue weighted by Crippen LogP contribution is 2.50. The van der Waals surface area contributed by atoms with Crippen molar-refractivity contribution in [3.8, 4) is 0 Å². The number of hydrogen-bond acceptors (Lipinski definition) is 3. The van der Waals surface area contributed by atoms with E-state index in [1.807, 2.05) is 0 Å². The number of rotatable bonds is 8. The maximum Gasteiger partial charge on any atom is 0.0589 e. The molecule has 0 radical (unpaired) electrons. The maximum absolute atomic E-state index is 5.22. The van der Waals surface area contributed by atoms with Crippen molar-refractivity contribution < 1.29 is 4.74 Å². The van der Waals surface area contributed by atoms with Crippen LogP contribution in [0.3, 0.4) is 0 Å². The Balaban J connectivity index is 0.00000150. The SMILES string of the molecule is CC/C(=C\c1ccccc1)[C@@H]1C[C@H]1NC1CC2(CCN(CCOC)CC2)C1.Cl.Cl. The summed E-state index contributed by atoms with van der Waals surface area (Å²) in [5, 5.41) is 3.98. The minimum absolute atomic E-state index is 0. The van der Waals surface area contributed by atoms with Gasteiger partial charge in [-0.05, 0) is 68.5 Å². The minimum atomic E-state index is 0. The molecule has 1 aromatic carbocycles. The van der Waals surface area contributed by atoms with Crippen LogP contribution in [0.25, 0.3) is 6.08 Å². The number of piperidine rings is 1. The molecule has 1 heterocycles. The largest absolute Gasteiger partial charge is 0.383 e. The van der Waals surface area contributed by atoms with Crippen LogP contribution in [0.5, 0.6) is 0 Å². The molecular weight excluding hydrogens is 403 g/mol. The molecule has 0 unspecified atom stereocenters. The first-order chi connectivity index (χ1) is 13.2. The molecule has 3 aliphatic rings. The second-order valence-corrected chi connectivity index (χ2v) is 9.04. The lowest BCUT2D eigenvalue weighted by atomic mass is 9.60. The smallest absolute Gasteiger partial charge is 0.0589 e. The van der Waals surface area contributed by atoms with E-state index in [2.05, 4.69) is 53.5 Å². The van der Waals surface area contributed by atoms with Crippen LogP contribution >= 0.6 is 24.8 Å². The molecule has 0 amide bonds. The minimum Gasteiger partial charge on any atom is -0.383 e. The van der Waals surface area contributed by atoms with Gasteiger partial charge in [0.2, 0.25) is 0 Å². The first-order valence-corrected chi connectivity index (χ1v) is 10.9. The number of methoxy groups -OCH3 is 1. The molecule has 164 valence electrons. The van der Waals surface area contributed by atoms with E-state index in [0.717, 1.165) is 31.2 Å². The third-order valence-corrected chi connectivity index (χ3v) is 7.16. The van der Waals surface area contributed by atoms with Crippen molar-refractivity contribution in [1.29, 1.82) is 0 Å². The van der Waals surface area contributed by atoms with E-state index in [-0.39, 0.29) is 24.8 Å². The van der Waals surface area contributed by atoms with Crippen LogP contribution in [0, 0.1) is 11.3 Å². The summed E-state index contributed by atoms with van der Waals surface area (Å²) in [7, 11) is 1.80. The zero-order valence-electron chi connectivity index (χ0n) is 17.9. The molecule has 2 atom stereocenters. The molecule has 1 aromatic rings. The van der Waals surface area contributed by atoms with Gasteiger partial charge in [0.25, 0.3) is 0 Å². The summed E-state index contributed by atoms with van der Waals surface area (Å²) >= 11 is 0. The second-order valence-electron chi connectivity index (χ2n) is 9.04. The van der Waals surface area contributed by atoms with E-state index >= 15 is 0 Å². The summed E-state index contributed by atoms with van der Waals surface area (Å²) < 4.78 is 5.22. The molecule has 5 heteroatoms. The van der Waals surface area contributed by atoms with Crippen LogP contribution in [-0.4, -0.2) is 50.3 Å². The normalized spacial score (nSPS) is 26.3. The Morgan fingerprint density at radius 1 is 1.17 bits per heavy atom. The lowest BCUT2D eigenvalue weighted by Crippen LogP contribution is -2.54. The lowest BCUT2D eigenvalue weighted by Gasteiger charge is -2.52. The van der Waals surface area contributed by atoms with Gasteiger partial charge in [0.1, 0.15) is 0 Å². The molecule has 2 saturated carbocycles. The Labute approximate surface area is 189 Å². The highest BCUT2D eigenvalue weighted by Gasteiger charge is 2.49. The second kappa shape index (κ2) is 11.2. The predicted molar refractivity (Wildman–Crippen MR) is 127 cm³/mol. The number of nitrogens with zero attached hydrogens (tertiary/aromatic N) is 1. The van der Waals surface area contributed by atoms with Crippen molar-refractivity contribution in [2.24, 2.45) is 11.3 Å². The quantitative estimate of drug-likeness (QED) is 0.601. The van der Waals surface area contributed by atoms with Crippen LogP contribution in [0.15, 0.2) is 35.9 Å². The highest BCUT2D eigenvalue weighted by atomic mass is 35.5. The highest BCUT2D eigenvalue weighted by molar-refractivity contribution is 5.85. The number of benzene rings is 1. The van der Waals surface area contributed by atoms with Crippen molar-refractivity contribution in [3.05, 3.63) is 41.5 Å². The van der Waals surface area contributed by atoms with E-state index in [1.165, 1.54) is 57.2 Å². The molecule has 0 bridgehead atoms. The third kappa shape index (κ3) is 6.21. The van der Waals surface area contributed by atoms with Crippen LogP contribution in [0.2, 0.25) is 0 Å². The molecular formula is C24H38Cl2N2O. The van der Waals surface area contributed by atoms with E-state index < -0.39 is 0 Å². The number of ether oxygens (including phenoxy) is 1. The number of halogens is 2. The van der Waals surface area contributed by atoms with Gasteiger partial charge in [-0.25, -0.2) is 0 Å². The molecule has 1 aliphatic heterocycles. The monoisotopic (exact) mass is 440 g/mol. The van der Waals surface area contributed by atoms with Gasteiger partial charge in [-0.3, -0.25) is 0 Å². The van der Waals surface area contributed by atoms with Gasteiger partial charge >= 0.3 is 0 Å². The molecule has 0 aromatic heterocycles. The van der Waals surface area contributed by atoms with Crippen LogP contribution in [0.1, 0.15) is 51.0 Å². The Hall–Kier alpha value is -0.580. The average Bonchev–Trinajstić information content (AvgIpc) is 3.44. The van der Waals surface area contributed by atoms with Crippen LogP contribution < -0.4 is 5.32 Å². The fourth-order valence-corrected chi connectivity index (χ4v) is 5.31. The van der Waals surface area contributed by atoms with E-state index in [4.69, 9.17) is 4.74 Å². The molecule has 29 heavy (non-hydrogen) atoms. The molecule has 2 aliphatic carbocycles. The van der Waals surface area contributed by atoms with Crippen molar-refractivity contribution in [2.45, 2.75) is 57.5 Å². The summed E-state index contributed by atoms with van der Waals surface area (Å²) in [6.07, 6.45) is 10.5. The lowest BCUT2D eigenvalue weighted by molar-refractivity contribution is -0.000607. The van der Waals surface area contributed by atoms with Gasteiger partial charge in [-0.15, -0.1) is 24.8 Å². The Morgan fingerprint density at radius 2 is 1.86 bits per heavy atom. The molecule has 1 N–H and O–H groups in total. The Bertz CT molecular complexity index is 636.